The molecule has 2 atom stereocenters. The first-order chi connectivity index (χ1) is 9.42. The van der Waals surface area contributed by atoms with E-state index in [1.807, 2.05) is 0 Å². The number of rotatable bonds is 5. The maximum atomic E-state index is 12.2. The predicted molar refractivity (Wildman–Crippen MR) is 73.4 cm³/mol. The molecule has 0 saturated heterocycles. The molecule has 1 aromatic rings. The summed E-state index contributed by atoms with van der Waals surface area (Å²) in [5.41, 5.74) is -3.27. The maximum absolute atomic E-state index is 12.2. The summed E-state index contributed by atoms with van der Waals surface area (Å²) in [6.45, 7) is 1.49. The molecule has 1 saturated carbocycles. The molecular formula is C14H18F3NOS. The highest BCUT2D eigenvalue weighted by molar-refractivity contribution is 8.00. The number of thioether (sulfide) groups is 1. The highest BCUT2D eigenvalue weighted by atomic mass is 32.2. The van der Waals surface area contributed by atoms with E-state index in [-0.39, 0.29) is 22.8 Å². The summed E-state index contributed by atoms with van der Waals surface area (Å²) in [5, 5.41) is 12.7. The summed E-state index contributed by atoms with van der Waals surface area (Å²) in [4.78, 5) is 0.208. The van der Waals surface area contributed by atoms with Gasteiger partial charge in [-0.25, -0.2) is 0 Å². The van der Waals surface area contributed by atoms with E-state index < -0.39 is 5.51 Å². The molecule has 1 aliphatic rings. The third-order valence-electron chi connectivity index (χ3n) is 3.43. The van der Waals surface area contributed by atoms with Crippen LogP contribution in [-0.2, 0) is 6.54 Å². The van der Waals surface area contributed by atoms with Gasteiger partial charge < -0.3 is 10.4 Å². The van der Waals surface area contributed by atoms with Crippen LogP contribution in [0, 0.1) is 5.92 Å². The number of aliphatic hydroxyl groups is 1. The predicted octanol–water partition coefficient (Wildman–Crippen LogP) is 3.55. The molecular weight excluding hydrogens is 287 g/mol. The summed E-state index contributed by atoms with van der Waals surface area (Å²) in [7, 11) is 0. The minimum Gasteiger partial charge on any atom is -0.393 e. The first-order valence-corrected chi connectivity index (χ1v) is 7.47. The number of hydrogen-bond donors (Lipinski definition) is 2. The van der Waals surface area contributed by atoms with Gasteiger partial charge in [-0.1, -0.05) is 12.1 Å². The zero-order chi connectivity index (χ0) is 14.6. The van der Waals surface area contributed by atoms with Crippen LogP contribution in [-0.4, -0.2) is 23.3 Å². The number of alkyl halides is 3. The van der Waals surface area contributed by atoms with E-state index in [1.165, 1.54) is 12.1 Å². The molecule has 0 heterocycles. The number of benzene rings is 1. The van der Waals surface area contributed by atoms with Crippen LogP contribution in [0.5, 0.6) is 0 Å². The van der Waals surface area contributed by atoms with Gasteiger partial charge in [0.15, 0.2) is 0 Å². The van der Waals surface area contributed by atoms with E-state index in [0.29, 0.717) is 12.5 Å². The molecule has 0 radical (unpaired) electrons. The van der Waals surface area contributed by atoms with Crippen LogP contribution < -0.4 is 5.32 Å². The van der Waals surface area contributed by atoms with Gasteiger partial charge in [0.25, 0.3) is 0 Å². The molecule has 2 nitrogen and oxygen atoms in total. The molecule has 1 aromatic carbocycles. The Bertz CT molecular complexity index is 421. The van der Waals surface area contributed by atoms with Crippen molar-refractivity contribution >= 4 is 11.8 Å². The van der Waals surface area contributed by atoms with Crippen LogP contribution in [0.3, 0.4) is 0 Å². The zero-order valence-corrected chi connectivity index (χ0v) is 11.8. The van der Waals surface area contributed by atoms with E-state index in [9.17, 15) is 18.3 Å². The number of halogens is 3. The van der Waals surface area contributed by atoms with E-state index in [0.717, 1.165) is 31.4 Å². The number of hydrogen-bond acceptors (Lipinski definition) is 3. The molecule has 0 bridgehead atoms. The van der Waals surface area contributed by atoms with Crippen molar-refractivity contribution in [2.45, 2.75) is 42.3 Å². The average molecular weight is 305 g/mol. The van der Waals surface area contributed by atoms with Crippen molar-refractivity contribution in [3.8, 4) is 0 Å². The van der Waals surface area contributed by atoms with Gasteiger partial charge in [-0.15, -0.1) is 0 Å². The highest BCUT2D eigenvalue weighted by Gasteiger charge is 2.29. The second kappa shape index (κ2) is 6.83. The summed E-state index contributed by atoms with van der Waals surface area (Å²) in [6, 6.07) is 6.41. The van der Waals surface area contributed by atoms with Gasteiger partial charge in [0.2, 0.25) is 0 Å². The van der Waals surface area contributed by atoms with Gasteiger partial charge in [-0.3, -0.25) is 0 Å². The van der Waals surface area contributed by atoms with Crippen LogP contribution in [0.15, 0.2) is 29.2 Å². The Morgan fingerprint density at radius 3 is 2.45 bits per heavy atom. The van der Waals surface area contributed by atoms with Crippen molar-refractivity contribution in [1.82, 2.24) is 5.32 Å². The molecule has 20 heavy (non-hydrogen) atoms. The molecule has 2 rings (SSSR count). The Morgan fingerprint density at radius 1 is 1.20 bits per heavy atom. The van der Waals surface area contributed by atoms with Crippen LogP contribution in [0.4, 0.5) is 13.2 Å². The first kappa shape index (κ1) is 15.7. The fourth-order valence-corrected chi connectivity index (χ4v) is 3.00. The van der Waals surface area contributed by atoms with Crippen LogP contribution in [0.2, 0.25) is 0 Å². The van der Waals surface area contributed by atoms with Gasteiger partial charge in [-0.2, -0.15) is 13.2 Å². The molecule has 0 amide bonds. The molecule has 2 N–H and O–H groups in total. The van der Waals surface area contributed by atoms with Crippen LogP contribution >= 0.6 is 11.8 Å². The van der Waals surface area contributed by atoms with Crippen molar-refractivity contribution in [3.05, 3.63) is 29.8 Å². The topological polar surface area (TPSA) is 32.3 Å². The van der Waals surface area contributed by atoms with Crippen LogP contribution in [0.1, 0.15) is 24.8 Å². The average Bonchev–Trinajstić information content (AvgIpc) is 2.75. The quantitative estimate of drug-likeness (QED) is 0.816. The molecule has 2 unspecified atom stereocenters. The normalized spacial score (nSPS) is 23.2. The Kier molecular flexibility index (Phi) is 5.35. The van der Waals surface area contributed by atoms with Gasteiger partial charge in [0.05, 0.1) is 6.10 Å². The Hall–Kier alpha value is -0.720. The lowest BCUT2D eigenvalue weighted by Crippen LogP contribution is -2.21. The van der Waals surface area contributed by atoms with Crippen molar-refractivity contribution in [3.63, 3.8) is 0 Å². The fourth-order valence-electron chi connectivity index (χ4n) is 2.46. The lowest BCUT2D eigenvalue weighted by atomic mass is 10.1. The standard InChI is InChI=1S/C14H18F3NOS/c15-14(16,17)20-13-5-2-10(3-6-13)8-18-9-11-1-4-12(19)7-11/h2-3,5-6,11-12,18-19H,1,4,7-9H2. The minimum absolute atomic E-state index is 0.0943. The molecule has 1 fully saturated rings. The van der Waals surface area contributed by atoms with E-state index in [4.69, 9.17) is 0 Å². The summed E-state index contributed by atoms with van der Waals surface area (Å²) >= 11 is -0.0943. The van der Waals surface area contributed by atoms with Crippen molar-refractivity contribution in [2.24, 2.45) is 5.92 Å². The summed E-state index contributed by atoms with van der Waals surface area (Å²) in [6.07, 6.45) is 2.58. The second-order valence-corrected chi connectivity index (χ2v) is 6.29. The van der Waals surface area contributed by atoms with Crippen molar-refractivity contribution in [1.29, 1.82) is 0 Å². The third-order valence-corrected chi connectivity index (χ3v) is 4.17. The summed E-state index contributed by atoms with van der Waals surface area (Å²) in [5.74, 6) is 0.505. The highest BCUT2D eigenvalue weighted by Crippen LogP contribution is 2.36. The van der Waals surface area contributed by atoms with Gasteiger partial charge in [0, 0.05) is 11.4 Å². The van der Waals surface area contributed by atoms with E-state index in [2.05, 4.69) is 5.32 Å². The molecule has 0 aliphatic heterocycles. The van der Waals surface area contributed by atoms with Crippen molar-refractivity contribution < 1.29 is 18.3 Å². The Labute approximate surface area is 120 Å². The Morgan fingerprint density at radius 2 is 1.90 bits per heavy atom. The SMILES string of the molecule is OC1CCC(CNCc2ccc(SC(F)(F)F)cc2)C1. The minimum atomic E-state index is -4.23. The van der Waals surface area contributed by atoms with Gasteiger partial charge in [-0.05, 0) is 61.2 Å². The van der Waals surface area contributed by atoms with E-state index >= 15 is 0 Å². The summed E-state index contributed by atoms with van der Waals surface area (Å²) < 4.78 is 36.5. The lowest BCUT2D eigenvalue weighted by molar-refractivity contribution is -0.0328. The molecule has 112 valence electrons. The maximum Gasteiger partial charge on any atom is 0.446 e. The second-order valence-electron chi connectivity index (χ2n) is 5.16. The van der Waals surface area contributed by atoms with Crippen molar-refractivity contribution in [2.75, 3.05) is 6.54 Å². The van der Waals surface area contributed by atoms with Crippen LogP contribution in [0.25, 0.3) is 0 Å². The molecule has 1 aliphatic carbocycles. The number of nitrogens with one attached hydrogen (secondary N) is 1. The third kappa shape index (κ3) is 5.34. The molecule has 0 spiro atoms. The molecule has 0 aromatic heterocycles. The van der Waals surface area contributed by atoms with Gasteiger partial charge in [0.1, 0.15) is 0 Å². The fraction of sp³-hybridized carbons (Fsp3) is 0.571. The number of aliphatic hydroxyl groups excluding tert-OH is 1. The smallest absolute Gasteiger partial charge is 0.393 e. The largest absolute Gasteiger partial charge is 0.446 e. The van der Waals surface area contributed by atoms with E-state index in [1.54, 1.807) is 12.1 Å². The Balaban J connectivity index is 1.73. The molecule has 6 heteroatoms. The monoisotopic (exact) mass is 305 g/mol. The first-order valence-electron chi connectivity index (χ1n) is 6.66. The zero-order valence-electron chi connectivity index (χ0n) is 11.0. The van der Waals surface area contributed by atoms with Gasteiger partial charge >= 0.3 is 5.51 Å². The lowest BCUT2D eigenvalue weighted by Gasteiger charge is -2.11.